The predicted molar refractivity (Wildman–Crippen MR) is 81.1 cm³/mol. The molecule has 0 spiro atoms. The van der Waals surface area contributed by atoms with Gasteiger partial charge in [-0.3, -0.25) is 9.36 Å². The van der Waals surface area contributed by atoms with Gasteiger partial charge in [0.2, 0.25) is 12.1 Å². The second kappa shape index (κ2) is 6.11. The number of furan rings is 1. The predicted octanol–water partition coefficient (Wildman–Crippen LogP) is 1.64. The van der Waals surface area contributed by atoms with E-state index in [2.05, 4.69) is 10.3 Å². The van der Waals surface area contributed by atoms with Crippen molar-refractivity contribution in [2.24, 2.45) is 7.05 Å². The molecule has 0 atom stereocenters. The molecule has 2 aromatic rings. The van der Waals surface area contributed by atoms with Crippen LogP contribution in [0.15, 0.2) is 29.1 Å². The van der Waals surface area contributed by atoms with Gasteiger partial charge in [0, 0.05) is 26.2 Å². The summed E-state index contributed by atoms with van der Waals surface area (Å²) in [5, 5.41) is 14.1. The van der Waals surface area contributed by atoms with Crippen LogP contribution in [0.4, 0.5) is 11.6 Å². The average Bonchev–Trinajstić information content (AvgIpc) is 3.18. The number of nitrogens with one attached hydrogen (secondary N) is 1. The molecule has 0 aromatic carbocycles. The molecule has 1 aliphatic rings. The molecule has 1 saturated heterocycles. The Hall–Kier alpha value is -2.84. The van der Waals surface area contributed by atoms with E-state index in [0.29, 0.717) is 37.5 Å². The summed E-state index contributed by atoms with van der Waals surface area (Å²) in [4.78, 5) is 28.2. The summed E-state index contributed by atoms with van der Waals surface area (Å²) in [7, 11) is 1.71. The molecule has 122 valence electrons. The average molecular weight is 319 g/mol. The van der Waals surface area contributed by atoms with Crippen molar-refractivity contribution in [3.63, 3.8) is 0 Å². The number of hydrogen-bond donors (Lipinski definition) is 1. The van der Waals surface area contributed by atoms with E-state index in [-0.39, 0.29) is 17.8 Å². The van der Waals surface area contributed by atoms with Gasteiger partial charge >= 0.3 is 5.82 Å². The first-order valence-corrected chi connectivity index (χ1v) is 7.31. The summed E-state index contributed by atoms with van der Waals surface area (Å²) in [5.41, 5.74) is 0. The molecule has 0 radical (unpaired) electrons. The molecule has 3 heterocycles. The summed E-state index contributed by atoms with van der Waals surface area (Å²) in [6.07, 6.45) is 4.29. The number of likely N-dealkylation sites (tertiary alicyclic amines) is 1. The van der Waals surface area contributed by atoms with Gasteiger partial charge in [-0.2, -0.15) is 0 Å². The molecule has 3 rings (SSSR count). The van der Waals surface area contributed by atoms with Gasteiger partial charge in [0.1, 0.15) is 0 Å². The van der Waals surface area contributed by atoms with Crippen LogP contribution in [0.2, 0.25) is 0 Å². The number of piperidine rings is 1. The van der Waals surface area contributed by atoms with Gasteiger partial charge in [-0.1, -0.05) is 0 Å². The smallest absolute Gasteiger partial charge is 0.406 e. The number of imidazole rings is 1. The van der Waals surface area contributed by atoms with Crippen LogP contribution in [-0.2, 0) is 7.05 Å². The Bertz CT molecular complexity index is 701. The standard InChI is InChI=1S/C14H17N5O4/c1-17-9-15-12(19(21)22)13(17)16-10-4-6-18(7-5-10)14(20)11-3-2-8-23-11/h2-3,8-10,16H,4-7H2,1H3. The number of aromatic nitrogens is 2. The molecule has 1 aliphatic heterocycles. The number of carbonyl (C=O) groups is 1. The van der Waals surface area contributed by atoms with E-state index >= 15 is 0 Å². The van der Waals surface area contributed by atoms with Crippen molar-refractivity contribution in [2.45, 2.75) is 18.9 Å². The van der Waals surface area contributed by atoms with E-state index in [9.17, 15) is 14.9 Å². The first-order chi connectivity index (χ1) is 11.1. The van der Waals surface area contributed by atoms with Crippen molar-refractivity contribution in [2.75, 3.05) is 18.4 Å². The zero-order valence-electron chi connectivity index (χ0n) is 12.6. The van der Waals surface area contributed by atoms with Gasteiger partial charge in [0.15, 0.2) is 5.76 Å². The molecule has 0 bridgehead atoms. The number of aryl methyl sites for hydroxylation is 1. The van der Waals surface area contributed by atoms with Crippen LogP contribution in [0.5, 0.6) is 0 Å². The highest BCUT2D eigenvalue weighted by Gasteiger charge is 2.28. The molecule has 0 saturated carbocycles. The highest BCUT2D eigenvalue weighted by Crippen LogP contribution is 2.25. The van der Waals surface area contributed by atoms with E-state index < -0.39 is 4.92 Å². The fourth-order valence-electron chi connectivity index (χ4n) is 2.69. The number of nitro groups is 1. The second-order valence-electron chi connectivity index (χ2n) is 5.47. The molecule has 1 amide bonds. The van der Waals surface area contributed by atoms with Crippen molar-refractivity contribution in [3.05, 3.63) is 40.6 Å². The highest BCUT2D eigenvalue weighted by atomic mass is 16.6. The Kier molecular flexibility index (Phi) is 4.00. The minimum absolute atomic E-state index is 0.0600. The zero-order chi connectivity index (χ0) is 16.4. The lowest BCUT2D eigenvalue weighted by Crippen LogP contribution is -2.42. The minimum Gasteiger partial charge on any atom is -0.459 e. The lowest BCUT2D eigenvalue weighted by atomic mass is 10.0. The molecular formula is C14H17N5O4. The maximum absolute atomic E-state index is 12.2. The third-order valence-electron chi connectivity index (χ3n) is 3.95. The number of amides is 1. The SMILES string of the molecule is Cn1cnc([N+](=O)[O-])c1NC1CCN(C(=O)c2ccco2)CC1. The number of hydrogen-bond acceptors (Lipinski definition) is 6. The summed E-state index contributed by atoms with van der Waals surface area (Å²) >= 11 is 0. The second-order valence-corrected chi connectivity index (χ2v) is 5.47. The van der Waals surface area contributed by atoms with Crippen molar-refractivity contribution >= 4 is 17.5 Å². The van der Waals surface area contributed by atoms with Gasteiger partial charge in [-0.15, -0.1) is 0 Å². The van der Waals surface area contributed by atoms with E-state index in [0.717, 1.165) is 0 Å². The summed E-state index contributed by atoms with van der Waals surface area (Å²) in [5.74, 6) is 0.422. The van der Waals surface area contributed by atoms with Crippen molar-refractivity contribution in [1.82, 2.24) is 14.5 Å². The van der Waals surface area contributed by atoms with Crippen molar-refractivity contribution in [1.29, 1.82) is 0 Å². The van der Waals surface area contributed by atoms with Crippen LogP contribution in [-0.4, -0.2) is 44.4 Å². The minimum atomic E-state index is -0.502. The first-order valence-electron chi connectivity index (χ1n) is 7.31. The largest absolute Gasteiger partial charge is 0.459 e. The Morgan fingerprint density at radius 2 is 2.22 bits per heavy atom. The Labute approximate surface area is 132 Å². The van der Waals surface area contributed by atoms with Crippen LogP contribution in [0.1, 0.15) is 23.4 Å². The summed E-state index contributed by atoms with van der Waals surface area (Å²) in [6, 6.07) is 3.39. The van der Waals surface area contributed by atoms with E-state index in [1.807, 2.05) is 0 Å². The molecule has 1 N–H and O–H groups in total. The monoisotopic (exact) mass is 319 g/mol. The van der Waals surface area contributed by atoms with Crippen LogP contribution in [0.3, 0.4) is 0 Å². The van der Waals surface area contributed by atoms with Crippen LogP contribution in [0, 0.1) is 10.1 Å². The van der Waals surface area contributed by atoms with E-state index in [4.69, 9.17) is 4.42 Å². The van der Waals surface area contributed by atoms with Crippen LogP contribution < -0.4 is 5.32 Å². The Morgan fingerprint density at radius 1 is 1.48 bits per heavy atom. The summed E-state index contributed by atoms with van der Waals surface area (Å²) in [6.45, 7) is 1.14. The van der Waals surface area contributed by atoms with E-state index in [1.165, 1.54) is 12.6 Å². The van der Waals surface area contributed by atoms with Gasteiger partial charge in [0.05, 0.1) is 6.26 Å². The number of anilines is 1. The molecule has 1 fully saturated rings. The third kappa shape index (κ3) is 3.03. The van der Waals surface area contributed by atoms with Crippen molar-refractivity contribution < 1.29 is 14.1 Å². The Balaban J connectivity index is 1.61. The lowest BCUT2D eigenvalue weighted by Gasteiger charge is -2.32. The molecule has 9 heteroatoms. The molecular weight excluding hydrogens is 302 g/mol. The molecule has 0 aliphatic carbocycles. The quantitative estimate of drug-likeness (QED) is 0.678. The maximum Gasteiger partial charge on any atom is 0.406 e. The number of carbonyl (C=O) groups excluding carboxylic acids is 1. The number of nitrogens with zero attached hydrogens (tertiary/aromatic N) is 4. The fraction of sp³-hybridized carbons (Fsp3) is 0.429. The van der Waals surface area contributed by atoms with Gasteiger partial charge in [-0.05, 0) is 34.9 Å². The van der Waals surface area contributed by atoms with Crippen LogP contribution in [0.25, 0.3) is 0 Å². The first kappa shape index (κ1) is 15.1. The Morgan fingerprint density at radius 3 is 2.83 bits per heavy atom. The molecule has 9 nitrogen and oxygen atoms in total. The normalized spacial score (nSPS) is 15.6. The zero-order valence-corrected chi connectivity index (χ0v) is 12.6. The lowest BCUT2D eigenvalue weighted by molar-refractivity contribution is -0.388. The van der Waals surface area contributed by atoms with Crippen LogP contribution >= 0.6 is 0 Å². The third-order valence-corrected chi connectivity index (χ3v) is 3.95. The van der Waals surface area contributed by atoms with Crippen molar-refractivity contribution in [3.8, 4) is 0 Å². The maximum atomic E-state index is 12.2. The van der Waals surface area contributed by atoms with Gasteiger partial charge < -0.3 is 24.7 Å². The molecule has 23 heavy (non-hydrogen) atoms. The fourth-order valence-corrected chi connectivity index (χ4v) is 2.69. The summed E-state index contributed by atoms with van der Waals surface area (Å²) < 4.78 is 6.72. The van der Waals surface area contributed by atoms with Gasteiger partial charge in [-0.25, -0.2) is 0 Å². The van der Waals surface area contributed by atoms with Gasteiger partial charge in [0.25, 0.3) is 5.91 Å². The highest BCUT2D eigenvalue weighted by molar-refractivity contribution is 5.91. The van der Waals surface area contributed by atoms with E-state index in [1.54, 1.807) is 28.6 Å². The topological polar surface area (TPSA) is 106 Å². The number of rotatable bonds is 4. The molecule has 0 unspecified atom stereocenters. The molecule has 2 aromatic heterocycles.